The van der Waals surface area contributed by atoms with Gasteiger partial charge >= 0.3 is 0 Å². The number of aromatic nitrogens is 3. The van der Waals surface area contributed by atoms with E-state index in [2.05, 4.69) is 20.5 Å². The molecule has 0 aliphatic carbocycles. The summed E-state index contributed by atoms with van der Waals surface area (Å²) in [4.78, 5) is 28.0. The second kappa shape index (κ2) is 7.39. The zero-order valence-electron chi connectivity index (χ0n) is 13.8. The molecule has 1 fully saturated rings. The van der Waals surface area contributed by atoms with Crippen LogP contribution in [0.4, 0.5) is 0 Å². The molecule has 1 aromatic carbocycles. The highest BCUT2D eigenvalue weighted by molar-refractivity contribution is 5.80. The molecule has 2 heterocycles. The van der Waals surface area contributed by atoms with Gasteiger partial charge in [0, 0.05) is 32.7 Å². The molecule has 1 aliphatic heterocycles. The van der Waals surface area contributed by atoms with Crippen LogP contribution in [0.25, 0.3) is 11.0 Å². The molecule has 8 heteroatoms. The van der Waals surface area contributed by atoms with Gasteiger partial charge in [-0.3, -0.25) is 14.5 Å². The maximum atomic E-state index is 12.5. The Kier molecular flexibility index (Phi) is 5.05. The molecule has 8 nitrogen and oxygen atoms in total. The zero-order valence-corrected chi connectivity index (χ0v) is 13.8. The SMILES string of the molecule is CCNC(=O)CN1CCN(C(=O)Cn2nnc3ccccc32)CC1. The maximum absolute atomic E-state index is 12.5. The van der Waals surface area contributed by atoms with Crippen molar-refractivity contribution in [1.29, 1.82) is 0 Å². The Labute approximate surface area is 140 Å². The third kappa shape index (κ3) is 3.70. The van der Waals surface area contributed by atoms with Gasteiger partial charge in [0.1, 0.15) is 12.1 Å². The number of nitrogens with one attached hydrogen (secondary N) is 1. The van der Waals surface area contributed by atoms with Crippen molar-refractivity contribution in [3.8, 4) is 0 Å². The fraction of sp³-hybridized carbons (Fsp3) is 0.500. The van der Waals surface area contributed by atoms with Gasteiger partial charge in [0.05, 0.1) is 12.1 Å². The fourth-order valence-corrected chi connectivity index (χ4v) is 2.87. The number of nitrogens with zero attached hydrogens (tertiary/aromatic N) is 5. The van der Waals surface area contributed by atoms with E-state index in [4.69, 9.17) is 0 Å². The van der Waals surface area contributed by atoms with Crippen molar-refractivity contribution in [2.75, 3.05) is 39.3 Å². The van der Waals surface area contributed by atoms with Gasteiger partial charge in [-0.25, -0.2) is 4.68 Å². The summed E-state index contributed by atoms with van der Waals surface area (Å²) >= 11 is 0. The van der Waals surface area contributed by atoms with Crippen molar-refractivity contribution < 1.29 is 9.59 Å². The van der Waals surface area contributed by atoms with Crippen molar-refractivity contribution in [2.45, 2.75) is 13.5 Å². The second-order valence-electron chi connectivity index (χ2n) is 5.85. The van der Waals surface area contributed by atoms with E-state index in [0.29, 0.717) is 39.3 Å². The molecule has 0 radical (unpaired) electrons. The molecule has 2 aromatic rings. The zero-order chi connectivity index (χ0) is 16.9. The van der Waals surface area contributed by atoms with Crippen molar-refractivity contribution >= 4 is 22.8 Å². The Bertz CT molecular complexity index is 720. The van der Waals surface area contributed by atoms with Gasteiger partial charge in [-0.05, 0) is 19.1 Å². The standard InChI is InChI=1S/C16H22N6O2/c1-2-17-15(23)11-20-7-9-21(10-8-20)16(24)12-22-14-6-4-3-5-13(14)18-19-22/h3-6H,2,7-12H2,1H3,(H,17,23). The highest BCUT2D eigenvalue weighted by Gasteiger charge is 2.23. The van der Waals surface area contributed by atoms with Crippen LogP contribution in [-0.2, 0) is 16.1 Å². The van der Waals surface area contributed by atoms with Crippen molar-refractivity contribution in [3.05, 3.63) is 24.3 Å². The third-order valence-electron chi connectivity index (χ3n) is 4.17. The van der Waals surface area contributed by atoms with Crippen LogP contribution in [0.15, 0.2) is 24.3 Å². The summed E-state index contributed by atoms with van der Waals surface area (Å²) in [6.45, 7) is 5.81. The van der Waals surface area contributed by atoms with E-state index in [1.807, 2.05) is 36.1 Å². The normalized spacial score (nSPS) is 15.6. The summed E-state index contributed by atoms with van der Waals surface area (Å²) < 4.78 is 1.64. The van der Waals surface area contributed by atoms with Gasteiger partial charge in [-0.1, -0.05) is 17.3 Å². The van der Waals surface area contributed by atoms with Gasteiger partial charge in [0.2, 0.25) is 11.8 Å². The molecule has 1 aliphatic rings. The van der Waals surface area contributed by atoms with Crippen LogP contribution < -0.4 is 5.32 Å². The summed E-state index contributed by atoms with van der Waals surface area (Å²) in [6.07, 6.45) is 0. The predicted octanol–water partition coefficient (Wildman–Crippen LogP) is -0.288. The lowest BCUT2D eigenvalue weighted by atomic mass is 10.3. The number of rotatable bonds is 5. The summed E-state index contributed by atoms with van der Waals surface area (Å²) in [5, 5.41) is 10.9. The van der Waals surface area contributed by atoms with Crippen LogP contribution in [0.3, 0.4) is 0 Å². The molecule has 3 rings (SSSR count). The topological polar surface area (TPSA) is 83.4 Å². The number of likely N-dealkylation sites (N-methyl/N-ethyl adjacent to an activating group) is 1. The fourth-order valence-electron chi connectivity index (χ4n) is 2.87. The minimum Gasteiger partial charge on any atom is -0.355 e. The van der Waals surface area contributed by atoms with E-state index < -0.39 is 0 Å². The monoisotopic (exact) mass is 330 g/mol. The summed E-state index contributed by atoms with van der Waals surface area (Å²) in [6, 6.07) is 7.60. The number of hydrogen-bond donors (Lipinski definition) is 1. The molecule has 1 N–H and O–H groups in total. The molecule has 128 valence electrons. The lowest BCUT2D eigenvalue weighted by Crippen LogP contribution is -2.51. The van der Waals surface area contributed by atoms with Crippen LogP contribution >= 0.6 is 0 Å². The summed E-state index contributed by atoms with van der Waals surface area (Å²) in [7, 11) is 0. The van der Waals surface area contributed by atoms with Crippen molar-refractivity contribution in [3.63, 3.8) is 0 Å². The Morgan fingerprint density at radius 1 is 1.12 bits per heavy atom. The molecule has 0 saturated carbocycles. The molecule has 0 atom stereocenters. The smallest absolute Gasteiger partial charge is 0.244 e. The van der Waals surface area contributed by atoms with E-state index in [1.54, 1.807) is 4.68 Å². The minimum atomic E-state index is 0.0308. The van der Waals surface area contributed by atoms with Crippen molar-refractivity contribution in [1.82, 2.24) is 30.1 Å². The van der Waals surface area contributed by atoms with E-state index in [1.165, 1.54) is 0 Å². The van der Waals surface area contributed by atoms with Gasteiger partial charge < -0.3 is 10.2 Å². The Morgan fingerprint density at radius 2 is 1.88 bits per heavy atom. The van der Waals surface area contributed by atoms with Crippen molar-refractivity contribution in [2.24, 2.45) is 0 Å². The molecule has 0 unspecified atom stereocenters. The Hall–Kier alpha value is -2.48. The first-order valence-electron chi connectivity index (χ1n) is 8.22. The van der Waals surface area contributed by atoms with E-state index in [-0.39, 0.29) is 18.4 Å². The van der Waals surface area contributed by atoms with Gasteiger partial charge in [0.25, 0.3) is 0 Å². The first-order chi connectivity index (χ1) is 11.7. The van der Waals surface area contributed by atoms with Crippen LogP contribution in [-0.4, -0.2) is 75.9 Å². The highest BCUT2D eigenvalue weighted by atomic mass is 16.2. The third-order valence-corrected chi connectivity index (χ3v) is 4.17. The quantitative estimate of drug-likeness (QED) is 0.815. The number of amides is 2. The summed E-state index contributed by atoms with van der Waals surface area (Å²) in [5.74, 6) is 0.0645. The van der Waals surface area contributed by atoms with Gasteiger partial charge in [-0.15, -0.1) is 5.10 Å². The number of fused-ring (bicyclic) bond motifs is 1. The van der Waals surface area contributed by atoms with Crippen LogP contribution in [0, 0.1) is 0 Å². The van der Waals surface area contributed by atoms with E-state index in [0.717, 1.165) is 11.0 Å². The molecule has 1 aromatic heterocycles. The Morgan fingerprint density at radius 3 is 2.62 bits per heavy atom. The molecule has 0 spiro atoms. The molecule has 24 heavy (non-hydrogen) atoms. The predicted molar refractivity (Wildman–Crippen MR) is 89.2 cm³/mol. The Balaban J connectivity index is 1.53. The molecular formula is C16H22N6O2. The summed E-state index contributed by atoms with van der Waals surface area (Å²) in [5.41, 5.74) is 1.65. The number of hydrogen-bond acceptors (Lipinski definition) is 5. The second-order valence-corrected chi connectivity index (χ2v) is 5.85. The average Bonchev–Trinajstić information content (AvgIpc) is 2.99. The molecule has 2 amide bonds. The highest BCUT2D eigenvalue weighted by Crippen LogP contribution is 2.10. The number of piperazine rings is 1. The lowest BCUT2D eigenvalue weighted by Gasteiger charge is -2.34. The lowest BCUT2D eigenvalue weighted by molar-refractivity contribution is -0.134. The first kappa shape index (κ1) is 16.4. The average molecular weight is 330 g/mol. The van der Waals surface area contributed by atoms with Gasteiger partial charge in [-0.2, -0.15) is 0 Å². The van der Waals surface area contributed by atoms with Crippen LogP contribution in [0.2, 0.25) is 0 Å². The van der Waals surface area contributed by atoms with Crippen LogP contribution in [0.5, 0.6) is 0 Å². The largest absolute Gasteiger partial charge is 0.355 e. The number of carbonyl (C=O) groups excluding carboxylic acids is 2. The molecular weight excluding hydrogens is 308 g/mol. The van der Waals surface area contributed by atoms with Crippen LogP contribution in [0.1, 0.15) is 6.92 Å². The number of carbonyl (C=O) groups is 2. The van der Waals surface area contributed by atoms with E-state index >= 15 is 0 Å². The molecule has 1 saturated heterocycles. The molecule has 0 bridgehead atoms. The van der Waals surface area contributed by atoms with Gasteiger partial charge in [0.15, 0.2) is 0 Å². The first-order valence-corrected chi connectivity index (χ1v) is 8.22. The maximum Gasteiger partial charge on any atom is 0.244 e. The van der Waals surface area contributed by atoms with E-state index in [9.17, 15) is 9.59 Å². The number of para-hydroxylation sites is 1. The minimum absolute atomic E-state index is 0.0308. The number of benzene rings is 1.